The van der Waals surface area contributed by atoms with E-state index in [1.165, 1.54) is 11.0 Å². The Hall–Kier alpha value is -1.56. The number of fused-ring (bicyclic) bond motifs is 1. The average Bonchev–Trinajstić information content (AvgIpc) is 2.77. The van der Waals surface area contributed by atoms with Crippen molar-refractivity contribution in [1.82, 2.24) is 4.90 Å². The maximum atomic E-state index is 11.9. The molecule has 0 aromatic rings. The van der Waals surface area contributed by atoms with E-state index in [1.54, 1.807) is 7.11 Å². The van der Waals surface area contributed by atoms with Crippen LogP contribution in [-0.2, 0) is 14.3 Å². The first kappa shape index (κ1) is 12.9. The van der Waals surface area contributed by atoms with Crippen LogP contribution in [0.25, 0.3) is 0 Å². The maximum absolute atomic E-state index is 11.9. The molecular formula is C12H17NO5. The number of carboxylic acids is 1. The van der Waals surface area contributed by atoms with Gasteiger partial charge in [0, 0.05) is 13.7 Å². The lowest BCUT2D eigenvalue weighted by Gasteiger charge is -2.44. The molecule has 0 atom stereocenters. The molecular weight excluding hydrogens is 238 g/mol. The van der Waals surface area contributed by atoms with Crippen molar-refractivity contribution in [3.05, 3.63) is 12.7 Å². The van der Waals surface area contributed by atoms with Gasteiger partial charge in [-0.25, -0.2) is 4.79 Å². The van der Waals surface area contributed by atoms with Crippen molar-refractivity contribution in [3.63, 3.8) is 0 Å². The lowest BCUT2D eigenvalue weighted by molar-refractivity contribution is -0.154. The van der Waals surface area contributed by atoms with E-state index < -0.39 is 23.0 Å². The Kier molecular flexibility index (Phi) is 3.06. The van der Waals surface area contributed by atoms with Crippen LogP contribution in [0.1, 0.15) is 12.8 Å². The zero-order valence-corrected chi connectivity index (χ0v) is 10.3. The molecule has 100 valence electrons. The van der Waals surface area contributed by atoms with Gasteiger partial charge in [0.2, 0.25) is 0 Å². The van der Waals surface area contributed by atoms with E-state index >= 15 is 0 Å². The van der Waals surface area contributed by atoms with E-state index in [0.717, 1.165) is 0 Å². The first-order valence-electron chi connectivity index (χ1n) is 5.77. The third kappa shape index (κ3) is 1.68. The summed E-state index contributed by atoms with van der Waals surface area (Å²) in [6.07, 6.45) is 1.86. The van der Waals surface area contributed by atoms with Crippen LogP contribution in [0.15, 0.2) is 12.7 Å². The molecule has 2 aliphatic heterocycles. The van der Waals surface area contributed by atoms with Crippen LogP contribution in [-0.4, -0.2) is 54.5 Å². The number of aliphatic carboxylic acids is 1. The summed E-state index contributed by atoms with van der Waals surface area (Å²) in [6.45, 7) is 4.13. The minimum atomic E-state index is -0.853. The van der Waals surface area contributed by atoms with Crippen LogP contribution in [0.4, 0.5) is 4.79 Å². The molecule has 1 aliphatic carbocycles. The Bertz CT molecular complexity index is 386. The number of hydrogen-bond acceptors (Lipinski definition) is 4. The number of carbonyl (C=O) groups is 2. The fourth-order valence-electron chi connectivity index (χ4n) is 3.11. The first-order valence-corrected chi connectivity index (χ1v) is 5.77. The SMILES string of the molecule is C=CCOC(=O)N1CC2(C(=O)O)CC1(COC)C2. The van der Waals surface area contributed by atoms with E-state index in [2.05, 4.69) is 6.58 Å². The van der Waals surface area contributed by atoms with Gasteiger partial charge in [0.1, 0.15) is 6.61 Å². The van der Waals surface area contributed by atoms with Gasteiger partial charge in [-0.2, -0.15) is 0 Å². The quantitative estimate of drug-likeness (QED) is 0.738. The highest BCUT2D eigenvalue weighted by atomic mass is 16.6. The Morgan fingerprint density at radius 2 is 2.17 bits per heavy atom. The molecule has 1 amide bonds. The molecule has 0 aromatic heterocycles. The minimum Gasteiger partial charge on any atom is -0.481 e. The summed E-state index contributed by atoms with van der Waals surface area (Å²) in [7, 11) is 1.54. The van der Waals surface area contributed by atoms with Crippen molar-refractivity contribution in [2.24, 2.45) is 5.41 Å². The van der Waals surface area contributed by atoms with E-state index in [0.29, 0.717) is 19.4 Å². The van der Waals surface area contributed by atoms with Crippen LogP contribution < -0.4 is 0 Å². The fourth-order valence-corrected chi connectivity index (χ4v) is 3.11. The van der Waals surface area contributed by atoms with Gasteiger partial charge in [-0.1, -0.05) is 12.7 Å². The van der Waals surface area contributed by atoms with E-state index in [1.807, 2.05) is 0 Å². The van der Waals surface area contributed by atoms with Gasteiger partial charge in [-0.05, 0) is 12.8 Å². The normalized spacial score (nSPS) is 32.8. The van der Waals surface area contributed by atoms with E-state index in [-0.39, 0.29) is 13.2 Å². The van der Waals surface area contributed by atoms with Crippen molar-refractivity contribution in [3.8, 4) is 0 Å². The van der Waals surface area contributed by atoms with Crippen molar-refractivity contribution in [1.29, 1.82) is 0 Å². The van der Waals surface area contributed by atoms with Crippen LogP contribution in [0.3, 0.4) is 0 Å². The monoisotopic (exact) mass is 255 g/mol. The van der Waals surface area contributed by atoms with E-state index in [9.17, 15) is 14.7 Å². The average molecular weight is 255 g/mol. The second-order valence-corrected chi connectivity index (χ2v) is 5.05. The lowest BCUT2D eigenvalue weighted by atomic mass is 9.62. The molecule has 3 aliphatic rings. The molecule has 1 saturated carbocycles. The molecule has 0 spiro atoms. The zero-order valence-electron chi connectivity index (χ0n) is 10.3. The number of methoxy groups -OCH3 is 1. The second kappa shape index (κ2) is 4.28. The summed E-state index contributed by atoms with van der Waals surface area (Å²) in [5.74, 6) is -0.853. The molecule has 2 saturated heterocycles. The predicted octanol–water partition coefficient (Wildman–Crippen LogP) is 0.875. The molecule has 3 rings (SSSR count). The highest BCUT2D eigenvalue weighted by Crippen LogP contribution is 2.59. The highest BCUT2D eigenvalue weighted by Gasteiger charge is 2.70. The number of rotatable bonds is 5. The molecule has 3 fully saturated rings. The lowest BCUT2D eigenvalue weighted by Crippen LogP contribution is -2.55. The Labute approximate surface area is 105 Å². The van der Waals surface area contributed by atoms with Gasteiger partial charge in [-0.15, -0.1) is 0 Å². The predicted molar refractivity (Wildman–Crippen MR) is 62.2 cm³/mol. The van der Waals surface area contributed by atoms with Crippen LogP contribution in [0, 0.1) is 5.41 Å². The summed E-state index contributed by atoms with van der Waals surface area (Å²) in [5, 5.41) is 9.23. The molecule has 2 heterocycles. The Morgan fingerprint density at radius 3 is 2.67 bits per heavy atom. The maximum Gasteiger partial charge on any atom is 0.410 e. The molecule has 6 nitrogen and oxygen atoms in total. The van der Waals surface area contributed by atoms with Crippen molar-refractivity contribution in [2.45, 2.75) is 18.4 Å². The summed E-state index contributed by atoms with van der Waals surface area (Å²) in [6, 6.07) is 0. The summed E-state index contributed by atoms with van der Waals surface area (Å²) < 4.78 is 10.1. The van der Waals surface area contributed by atoms with Gasteiger partial charge in [0.25, 0.3) is 0 Å². The third-order valence-corrected chi connectivity index (χ3v) is 3.78. The molecule has 18 heavy (non-hydrogen) atoms. The van der Waals surface area contributed by atoms with E-state index in [4.69, 9.17) is 9.47 Å². The van der Waals surface area contributed by atoms with Gasteiger partial charge in [0.05, 0.1) is 17.6 Å². The molecule has 6 heteroatoms. The zero-order chi connectivity index (χ0) is 13.4. The summed E-state index contributed by atoms with van der Waals surface area (Å²) >= 11 is 0. The fraction of sp³-hybridized carbons (Fsp3) is 0.667. The first-order chi connectivity index (χ1) is 8.49. The number of nitrogens with zero attached hydrogens (tertiary/aromatic N) is 1. The molecule has 1 N–H and O–H groups in total. The standard InChI is InChI=1S/C12H17NO5/c1-3-4-18-10(16)13-7-11(9(14)15)5-12(13,6-11)8-17-2/h3H,1,4-8H2,2H3,(H,14,15). The second-order valence-electron chi connectivity index (χ2n) is 5.05. The van der Waals surface area contributed by atoms with Gasteiger partial charge in [0.15, 0.2) is 0 Å². The third-order valence-electron chi connectivity index (χ3n) is 3.78. The Balaban J connectivity index is 2.12. The number of carbonyl (C=O) groups excluding carboxylic acids is 1. The van der Waals surface area contributed by atoms with Crippen molar-refractivity contribution < 1.29 is 24.2 Å². The minimum absolute atomic E-state index is 0.123. The van der Waals surface area contributed by atoms with Gasteiger partial charge in [-0.3, -0.25) is 9.69 Å². The van der Waals surface area contributed by atoms with Crippen LogP contribution in [0.5, 0.6) is 0 Å². The van der Waals surface area contributed by atoms with Gasteiger partial charge < -0.3 is 14.6 Å². The largest absolute Gasteiger partial charge is 0.481 e. The molecule has 0 aromatic carbocycles. The molecule has 0 unspecified atom stereocenters. The van der Waals surface area contributed by atoms with Crippen molar-refractivity contribution in [2.75, 3.05) is 26.9 Å². The topological polar surface area (TPSA) is 76.1 Å². The number of ether oxygens (including phenoxy) is 2. The number of carboxylic acid groups (broad SMARTS) is 1. The summed E-state index contributed by atoms with van der Waals surface area (Å²) in [4.78, 5) is 24.6. The number of amides is 1. The highest BCUT2D eigenvalue weighted by molar-refractivity contribution is 5.82. The number of hydrogen-bond donors (Lipinski definition) is 1. The molecule has 0 radical (unpaired) electrons. The van der Waals surface area contributed by atoms with Crippen LogP contribution >= 0.6 is 0 Å². The van der Waals surface area contributed by atoms with Crippen molar-refractivity contribution >= 4 is 12.1 Å². The summed E-state index contributed by atoms with van der Waals surface area (Å²) in [5.41, 5.74) is -1.32. The smallest absolute Gasteiger partial charge is 0.410 e. The Morgan fingerprint density at radius 1 is 1.50 bits per heavy atom. The molecule has 2 bridgehead atoms. The van der Waals surface area contributed by atoms with Gasteiger partial charge >= 0.3 is 12.1 Å². The van der Waals surface area contributed by atoms with Crippen LogP contribution in [0.2, 0.25) is 0 Å².